The lowest BCUT2D eigenvalue weighted by Crippen LogP contribution is -2.37. The second-order valence-corrected chi connectivity index (χ2v) is 16.1. The van der Waals surface area contributed by atoms with Crippen LogP contribution < -0.4 is 0 Å². The molecule has 0 aliphatic carbocycles. The summed E-state index contributed by atoms with van der Waals surface area (Å²) in [5.41, 5.74) is 0. The molecule has 10 heteroatoms. The first kappa shape index (κ1) is 50.7. The van der Waals surface area contributed by atoms with Crippen molar-refractivity contribution >= 4 is 19.8 Å². The smallest absolute Gasteiger partial charge is 0.462 e. The van der Waals surface area contributed by atoms with Crippen molar-refractivity contribution in [3.63, 3.8) is 0 Å². The normalized spacial score (nSPS) is 14.3. The van der Waals surface area contributed by atoms with Crippen LogP contribution in [0.1, 0.15) is 149 Å². The maximum absolute atomic E-state index is 12.6. The number of ether oxygens (including phenoxy) is 2. The molecule has 0 aromatic rings. The zero-order chi connectivity index (χ0) is 39.3. The van der Waals surface area contributed by atoms with Gasteiger partial charge in [-0.15, -0.1) is 0 Å². The number of nitrogens with zero attached hydrogens (tertiary/aromatic N) is 1. The lowest BCUT2D eigenvalue weighted by molar-refractivity contribution is -0.870. The van der Waals surface area contributed by atoms with E-state index in [4.69, 9.17) is 18.5 Å². The summed E-state index contributed by atoms with van der Waals surface area (Å²) >= 11 is 0. The molecule has 1 unspecified atom stereocenters. The minimum absolute atomic E-state index is 0.0178. The summed E-state index contributed by atoms with van der Waals surface area (Å²) < 4.78 is 34.1. The Balaban J connectivity index is 4.53. The van der Waals surface area contributed by atoms with E-state index in [1.165, 1.54) is 51.4 Å². The average molecular weight is 767 g/mol. The van der Waals surface area contributed by atoms with Gasteiger partial charge < -0.3 is 18.9 Å². The minimum atomic E-state index is -4.39. The molecule has 1 N–H and O–H groups in total. The van der Waals surface area contributed by atoms with Gasteiger partial charge >= 0.3 is 19.8 Å². The Morgan fingerprint density at radius 1 is 0.585 bits per heavy atom. The highest BCUT2D eigenvalue weighted by molar-refractivity contribution is 7.47. The van der Waals surface area contributed by atoms with Gasteiger partial charge in [-0.2, -0.15) is 0 Å². The van der Waals surface area contributed by atoms with Crippen LogP contribution in [0.25, 0.3) is 0 Å². The van der Waals surface area contributed by atoms with E-state index in [-0.39, 0.29) is 26.1 Å². The maximum Gasteiger partial charge on any atom is 0.472 e. The zero-order valence-corrected chi connectivity index (χ0v) is 35.1. The maximum atomic E-state index is 12.6. The SMILES string of the molecule is CCCCC/C=C\C/C=C\C/C=C\C/C=C\CCCC(=O)O[C@H](COC(=O)CCCCCCC/C=C\CCCCC)COP(=O)(O)OCC[N+](C)(C)C. The summed E-state index contributed by atoms with van der Waals surface area (Å²) in [5, 5.41) is 0. The molecule has 0 heterocycles. The Morgan fingerprint density at radius 2 is 1.04 bits per heavy atom. The standard InChI is InChI=1S/C43H76NO8P/c1-6-8-10-12-14-16-18-20-21-22-23-24-26-28-30-32-34-36-43(46)52-41(40-51-53(47,48)50-38-37-44(3,4)5)39-49-42(45)35-33-31-29-27-25-19-17-15-13-11-9-7-2/h14-17,20-21,23-24,28,30,41H,6-13,18-19,22,25-27,29,31-40H2,1-5H3/p+1/b16-14-,17-15-,21-20-,24-23-,30-28-/t41-/m1/s1. The molecule has 0 amide bonds. The fourth-order valence-corrected chi connectivity index (χ4v) is 5.74. The molecule has 0 aromatic heterocycles. The van der Waals surface area contributed by atoms with Crippen molar-refractivity contribution in [2.45, 2.75) is 155 Å². The topological polar surface area (TPSA) is 108 Å². The van der Waals surface area contributed by atoms with Gasteiger partial charge in [0.05, 0.1) is 27.7 Å². The Kier molecular flexibility index (Phi) is 33.9. The van der Waals surface area contributed by atoms with Gasteiger partial charge in [0, 0.05) is 12.8 Å². The molecule has 0 aliphatic heterocycles. The molecule has 0 rings (SSSR count). The molecule has 9 nitrogen and oxygen atoms in total. The third-order valence-electron chi connectivity index (χ3n) is 8.27. The average Bonchev–Trinajstić information content (AvgIpc) is 3.10. The van der Waals surface area contributed by atoms with Gasteiger partial charge in [0.25, 0.3) is 0 Å². The van der Waals surface area contributed by atoms with Crippen molar-refractivity contribution in [2.75, 3.05) is 47.5 Å². The molecule has 0 spiro atoms. The lowest BCUT2D eigenvalue weighted by atomic mass is 10.1. The second-order valence-electron chi connectivity index (χ2n) is 14.7. The molecule has 0 aliphatic rings. The predicted molar refractivity (Wildman–Crippen MR) is 219 cm³/mol. The van der Waals surface area contributed by atoms with E-state index in [0.29, 0.717) is 23.9 Å². The predicted octanol–water partition coefficient (Wildman–Crippen LogP) is 11.3. The van der Waals surface area contributed by atoms with E-state index in [0.717, 1.165) is 57.8 Å². The molecular formula is C43H77NO8P+. The largest absolute Gasteiger partial charge is 0.472 e. The Bertz CT molecular complexity index is 1090. The highest BCUT2D eigenvalue weighted by Crippen LogP contribution is 2.43. The number of hydrogen-bond donors (Lipinski definition) is 1. The number of quaternary nitrogens is 1. The van der Waals surface area contributed by atoms with Crippen LogP contribution in [0.15, 0.2) is 60.8 Å². The van der Waals surface area contributed by atoms with Crippen molar-refractivity contribution in [2.24, 2.45) is 0 Å². The first-order chi connectivity index (χ1) is 25.5. The molecule has 0 bridgehead atoms. The monoisotopic (exact) mass is 767 g/mol. The number of allylic oxidation sites excluding steroid dienone is 10. The second kappa shape index (κ2) is 35.4. The molecule has 0 saturated heterocycles. The van der Waals surface area contributed by atoms with Gasteiger partial charge in [-0.25, -0.2) is 4.57 Å². The first-order valence-electron chi connectivity index (χ1n) is 20.5. The van der Waals surface area contributed by atoms with Crippen LogP contribution in [0, 0.1) is 0 Å². The van der Waals surface area contributed by atoms with Crippen LogP contribution >= 0.6 is 7.82 Å². The van der Waals surface area contributed by atoms with Gasteiger partial charge in [-0.1, -0.05) is 120 Å². The molecule has 0 radical (unpaired) electrons. The van der Waals surface area contributed by atoms with Crippen LogP contribution in [-0.4, -0.2) is 74.9 Å². The van der Waals surface area contributed by atoms with Gasteiger partial charge in [-0.3, -0.25) is 18.6 Å². The summed E-state index contributed by atoms with van der Waals surface area (Å²) in [6.07, 6.45) is 41.3. The number of hydrogen-bond acceptors (Lipinski definition) is 7. The molecular weight excluding hydrogens is 689 g/mol. The third kappa shape index (κ3) is 39.2. The number of esters is 2. The van der Waals surface area contributed by atoms with Gasteiger partial charge in [0.1, 0.15) is 19.8 Å². The van der Waals surface area contributed by atoms with E-state index in [9.17, 15) is 19.0 Å². The minimum Gasteiger partial charge on any atom is -0.462 e. The molecule has 0 fully saturated rings. The van der Waals surface area contributed by atoms with E-state index in [1.54, 1.807) is 0 Å². The van der Waals surface area contributed by atoms with Crippen molar-refractivity contribution < 1.29 is 42.1 Å². The quantitative estimate of drug-likeness (QED) is 0.0221. The summed E-state index contributed by atoms with van der Waals surface area (Å²) in [5.74, 6) is -0.881. The number of phosphoric ester groups is 1. The highest BCUT2D eigenvalue weighted by atomic mass is 31.2. The van der Waals surface area contributed by atoms with Crippen molar-refractivity contribution in [3.8, 4) is 0 Å². The van der Waals surface area contributed by atoms with Crippen molar-refractivity contribution in [3.05, 3.63) is 60.8 Å². The number of phosphoric acid groups is 1. The first-order valence-corrected chi connectivity index (χ1v) is 22.0. The van der Waals surface area contributed by atoms with Gasteiger partial charge in [0.15, 0.2) is 6.10 Å². The number of carbonyl (C=O) groups excluding carboxylic acids is 2. The summed E-state index contributed by atoms with van der Waals surface area (Å²) in [7, 11) is 1.43. The molecule has 2 atom stereocenters. The van der Waals surface area contributed by atoms with Crippen LogP contribution in [-0.2, 0) is 32.7 Å². The van der Waals surface area contributed by atoms with E-state index in [1.807, 2.05) is 27.2 Å². The van der Waals surface area contributed by atoms with Gasteiger partial charge in [-0.05, 0) is 77.0 Å². The Morgan fingerprint density at radius 3 is 1.58 bits per heavy atom. The number of likely N-dealkylation sites (N-methyl/N-ethyl adjacent to an activating group) is 1. The Labute approximate surface area is 324 Å². The third-order valence-corrected chi connectivity index (χ3v) is 9.25. The number of unbranched alkanes of at least 4 members (excludes halogenated alkanes) is 12. The zero-order valence-electron chi connectivity index (χ0n) is 34.2. The van der Waals surface area contributed by atoms with Crippen LogP contribution in [0.5, 0.6) is 0 Å². The van der Waals surface area contributed by atoms with E-state index in [2.05, 4.69) is 68.5 Å². The summed E-state index contributed by atoms with van der Waals surface area (Å²) in [4.78, 5) is 35.2. The number of carbonyl (C=O) groups is 2. The summed E-state index contributed by atoms with van der Waals surface area (Å²) in [6, 6.07) is 0. The highest BCUT2D eigenvalue weighted by Gasteiger charge is 2.27. The molecule has 0 saturated carbocycles. The summed E-state index contributed by atoms with van der Waals surface area (Å²) in [6.45, 7) is 4.27. The lowest BCUT2D eigenvalue weighted by Gasteiger charge is -2.24. The molecule has 53 heavy (non-hydrogen) atoms. The number of rotatable bonds is 36. The molecule has 0 aromatic carbocycles. The fraction of sp³-hybridized carbons (Fsp3) is 0.721. The van der Waals surface area contributed by atoms with Crippen LogP contribution in [0.2, 0.25) is 0 Å². The van der Waals surface area contributed by atoms with Crippen LogP contribution in [0.4, 0.5) is 0 Å². The van der Waals surface area contributed by atoms with E-state index >= 15 is 0 Å². The van der Waals surface area contributed by atoms with Crippen molar-refractivity contribution in [1.29, 1.82) is 0 Å². The van der Waals surface area contributed by atoms with E-state index < -0.39 is 32.5 Å². The van der Waals surface area contributed by atoms with Crippen molar-refractivity contribution in [1.82, 2.24) is 0 Å². The fourth-order valence-electron chi connectivity index (χ4n) is 5.00. The van der Waals surface area contributed by atoms with Crippen LogP contribution in [0.3, 0.4) is 0 Å². The van der Waals surface area contributed by atoms with Gasteiger partial charge in [0.2, 0.25) is 0 Å². The Hall–Kier alpha value is -2.29. The molecule has 306 valence electrons.